The molecule has 2 saturated heterocycles. The smallest absolute Gasteiger partial charge is 0.292 e. The summed E-state index contributed by atoms with van der Waals surface area (Å²) in [5, 5.41) is 15.2. The van der Waals surface area contributed by atoms with Crippen LogP contribution in [0.5, 0.6) is 0 Å². The van der Waals surface area contributed by atoms with Crippen molar-refractivity contribution in [2.45, 2.75) is 38.6 Å². The van der Waals surface area contributed by atoms with Crippen LogP contribution in [0.4, 0.5) is 0 Å². The molecule has 0 radical (unpaired) electrons. The van der Waals surface area contributed by atoms with Gasteiger partial charge in [0.15, 0.2) is 0 Å². The quantitative estimate of drug-likeness (QED) is 0.731. The second-order valence-corrected chi connectivity index (χ2v) is 7.26. The summed E-state index contributed by atoms with van der Waals surface area (Å²) in [6.07, 6.45) is 4.22. The molecule has 2 amide bonds. The van der Waals surface area contributed by atoms with Crippen molar-refractivity contribution in [1.82, 2.24) is 25.3 Å². The van der Waals surface area contributed by atoms with E-state index >= 15 is 0 Å². The van der Waals surface area contributed by atoms with Gasteiger partial charge in [-0.3, -0.25) is 14.5 Å². The molecule has 0 aliphatic carbocycles. The maximum atomic E-state index is 12.1. The van der Waals surface area contributed by atoms with Gasteiger partial charge in [-0.1, -0.05) is 5.16 Å². The maximum absolute atomic E-state index is 12.1. The van der Waals surface area contributed by atoms with Gasteiger partial charge in [0.2, 0.25) is 11.8 Å². The van der Waals surface area contributed by atoms with Crippen LogP contribution in [0.1, 0.15) is 48.6 Å². The first-order chi connectivity index (χ1) is 12.5. The number of carbonyl (C=O) groups excluding carboxylic acids is 2. The van der Waals surface area contributed by atoms with Crippen molar-refractivity contribution >= 4 is 11.8 Å². The van der Waals surface area contributed by atoms with Crippen molar-refractivity contribution < 1.29 is 19.2 Å². The number of hydrogen-bond acceptors (Lipinski definition) is 7. The van der Waals surface area contributed by atoms with Gasteiger partial charge in [-0.15, -0.1) is 0 Å². The first kappa shape index (κ1) is 18.8. The number of rotatable bonds is 6. The van der Waals surface area contributed by atoms with Crippen LogP contribution in [0, 0.1) is 5.41 Å². The van der Waals surface area contributed by atoms with Gasteiger partial charge in [-0.05, 0) is 44.2 Å². The topological polar surface area (TPSA) is 112 Å². The molecule has 0 saturated carbocycles. The Labute approximate surface area is 152 Å². The minimum absolute atomic E-state index is 0.0568. The van der Waals surface area contributed by atoms with Gasteiger partial charge < -0.3 is 19.8 Å². The van der Waals surface area contributed by atoms with Gasteiger partial charge in [-0.25, -0.2) is 0 Å². The van der Waals surface area contributed by atoms with E-state index < -0.39 is 0 Å². The molecule has 2 N–H and O–H groups in total. The molecule has 3 rings (SSSR count). The molecule has 2 aliphatic rings. The van der Waals surface area contributed by atoms with E-state index in [2.05, 4.69) is 20.4 Å². The first-order valence-electron chi connectivity index (χ1n) is 9.21. The standard InChI is InChI=1S/C17H27N5O4/c1-18-16(25)15-19-13(26-20-15)11-21-8-5-17(6-9-21)4-3-14(24)22(12-17)7-2-10-23/h23H,2-12H2,1H3,(H,18,25). The lowest BCUT2D eigenvalue weighted by atomic mass is 9.72. The molecular formula is C17H27N5O4. The molecule has 1 aromatic heterocycles. The summed E-state index contributed by atoms with van der Waals surface area (Å²) in [6, 6.07) is 0. The molecule has 1 spiro atoms. The third-order valence-electron chi connectivity index (χ3n) is 5.51. The van der Waals surface area contributed by atoms with Crippen molar-refractivity contribution in [3.63, 3.8) is 0 Å². The summed E-state index contributed by atoms with van der Waals surface area (Å²) in [5.74, 6) is 0.357. The Morgan fingerprint density at radius 2 is 2.12 bits per heavy atom. The van der Waals surface area contributed by atoms with Gasteiger partial charge in [-0.2, -0.15) is 4.98 Å². The highest BCUT2D eigenvalue weighted by Crippen LogP contribution is 2.40. The van der Waals surface area contributed by atoms with E-state index in [-0.39, 0.29) is 29.7 Å². The first-order valence-corrected chi connectivity index (χ1v) is 9.21. The summed E-state index contributed by atoms with van der Waals surface area (Å²) < 4.78 is 5.16. The van der Waals surface area contributed by atoms with Gasteiger partial charge in [0, 0.05) is 33.2 Å². The lowest BCUT2D eigenvalue weighted by molar-refractivity contribution is -0.139. The van der Waals surface area contributed by atoms with E-state index in [0.717, 1.165) is 38.9 Å². The van der Waals surface area contributed by atoms with E-state index in [4.69, 9.17) is 9.63 Å². The lowest BCUT2D eigenvalue weighted by Crippen LogP contribution is -2.51. The summed E-state index contributed by atoms with van der Waals surface area (Å²) in [5.41, 5.74) is 0.183. The lowest BCUT2D eigenvalue weighted by Gasteiger charge is -2.47. The Kier molecular flexibility index (Phi) is 5.87. The number of likely N-dealkylation sites (tertiary alicyclic amines) is 2. The zero-order chi connectivity index (χ0) is 18.6. The Morgan fingerprint density at radius 1 is 1.35 bits per heavy atom. The molecule has 0 unspecified atom stereocenters. The molecule has 0 atom stereocenters. The van der Waals surface area contributed by atoms with Crippen molar-refractivity contribution in [2.75, 3.05) is 39.8 Å². The fraction of sp³-hybridized carbons (Fsp3) is 0.765. The highest BCUT2D eigenvalue weighted by Gasteiger charge is 2.40. The molecule has 26 heavy (non-hydrogen) atoms. The predicted octanol–water partition coefficient (Wildman–Crippen LogP) is 0.0162. The average molecular weight is 365 g/mol. The summed E-state index contributed by atoms with van der Waals surface area (Å²) in [6.45, 7) is 3.89. The number of piperidine rings is 2. The summed E-state index contributed by atoms with van der Waals surface area (Å²) >= 11 is 0. The van der Waals surface area contributed by atoms with Crippen molar-refractivity contribution in [3.8, 4) is 0 Å². The van der Waals surface area contributed by atoms with Crippen LogP contribution in [0.3, 0.4) is 0 Å². The number of hydrogen-bond donors (Lipinski definition) is 2. The number of nitrogens with one attached hydrogen (secondary N) is 1. The molecule has 0 bridgehead atoms. The fourth-order valence-corrected chi connectivity index (χ4v) is 3.88. The molecule has 144 valence electrons. The molecule has 9 heteroatoms. The van der Waals surface area contributed by atoms with Crippen LogP contribution >= 0.6 is 0 Å². The number of aromatic nitrogens is 2. The van der Waals surface area contributed by atoms with Crippen molar-refractivity contribution in [1.29, 1.82) is 0 Å². The van der Waals surface area contributed by atoms with E-state index in [9.17, 15) is 9.59 Å². The monoisotopic (exact) mass is 365 g/mol. The van der Waals surface area contributed by atoms with Crippen LogP contribution in [0.15, 0.2) is 4.52 Å². The van der Waals surface area contributed by atoms with E-state index in [1.165, 1.54) is 7.05 Å². The van der Waals surface area contributed by atoms with Gasteiger partial charge in [0.05, 0.1) is 6.54 Å². The normalized spacial score (nSPS) is 20.5. The Morgan fingerprint density at radius 3 is 2.81 bits per heavy atom. The summed E-state index contributed by atoms with van der Waals surface area (Å²) in [4.78, 5) is 31.9. The van der Waals surface area contributed by atoms with E-state index in [0.29, 0.717) is 31.8 Å². The number of carbonyl (C=O) groups is 2. The Bertz CT molecular complexity index is 639. The molecule has 2 fully saturated rings. The molecular weight excluding hydrogens is 338 g/mol. The zero-order valence-corrected chi connectivity index (χ0v) is 15.2. The van der Waals surface area contributed by atoms with Crippen molar-refractivity contribution in [2.24, 2.45) is 5.41 Å². The highest BCUT2D eigenvalue weighted by molar-refractivity contribution is 5.89. The van der Waals surface area contributed by atoms with Gasteiger partial charge in [0.1, 0.15) is 0 Å². The van der Waals surface area contributed by atoms with E-state index in [1.54, 1.807) is 0 Å². The molecule has 3 heterocycles. The fourth-order valence-electron chi connectivity index (χ4n) is 3.88. The largest absolute Gasteiger partial charge is 0.396 e. The van der Waals surface area contributed by atoms with E-state index in [1.807, 2.05) is 4.90 Å². The minimum atomic E-state index is -0.354. The Balaban J connectivity index is 1.52. The zero-order valence-electron chi connectivity index (χ0n) is 15.2. The molecule has 2 aliphatic heterocycles. The molecule has 9 nitrogen and oxygen atoms in total. The number of amides is 2. The van der Waals surface area contributed by atoms with Crippen LogP contribution in [-0.2, 0) is 11.3 Å². The number of aliphatic hydroxyl groups excluding tert-OH is 1. The van der Waals surface area contributed by atoms with Gasteiger partial charge in [0.25, 0.3) is 11.7 Å². The van der Waals surface area contributed by atoms with Crippen LogP contribution in [0.25, 0.3) is 0 Å². The number of aliphatic hydroxyl groups is 1. The highest BCUT2D eigenvalue weighted by atomic mass is 16.5. The van der Waals surface area contributed by atoms with Gasteiger partial charge >= 0.3 is 0 Å². The summed E-state index contributed by atoms with van der Waals surface area (Å²) in [7, 11) is 1.53. The molecule has 0 aromatic carbocycles. The Hall–Kier alpha value is -2.00. The molecule has 1 aromatic rings. The van der Waals surface area contributed by atoms with Crippen molar-refractivity contribution in [3.05, 3.63) is 11.7 Å². The third-order valence-corrected chi connectivity index (χ3v) is 5.51. The second kappa shape index (κ2) is 8.13. The van der Waals surface area contributed by atoms with Crippen LogP contribution < -0.4 is 5.32 Å². The van der Waals surface area contributed by atoms with Crippen LogP contribution in [-0.4, -0.2) is 76.7 Å². The third kappa shape index (κ3) is 4.21. The second-order valence-electron chi connectivity index (χ2n) is 7.26. The van der Waals surface area contributed by atoms with Crippen LogP contribution in [0.2, 0.25) is 0 Å². The average Bonchev–Trinajstić information content (AvgIpc) is 3.12. The SMILES string of the molecule is CNC(=O)c1noc(CN2CCC3(CCC(=O)N(CCCO)C3)CC2)n1. The maximum Gasteiger partial charge on any atom is 0.292 e. The number of nitrogens with zero attached hydrogens (tertiary/aromatic N) is 4. The minimum Gasteiger partial charge on any atom is -0.396 e. The predicted molar refractivity (Wildman–Crippen MR) is 92.1 cm³/mol.